The summed E-state index contributed by atoms with van der Waals surface area (Å²) in [5.74, 6) is -2.85. The molecule has 0 unspecified atom stereocenters. The van der Waals surface area contributed by atoms with Crippen LogP contribution in [-0.4, -0.2) is 29.8 Å². The zero-order valence-corrected chi connectivity index (χ0v) is 19.7. The maximum atomic E-state index is 13.6. The first kappa shape index (κ1) is 24.6. The minimum atomic E-state index is -1.01. The van der Waals surface area contributed by atoms with Crippen LogP contribution < -0.4 is 4.90 Å². The van der Waals surface area contributed by atoms with Gasteiger partial charge in [0.05, 0.1) is 17.7 Å². The van der Waals surface area contributed by atoms with Crippen LogP contribution in [0.1, 0.15) is 44.7 Å². The van der Waals surface area contributed by atoms with Crippen molar-refractivity contribution in [3.8, 4) is 0 Å². The number of methoxy groups -OCH3 is 1. The maximum absolute atomic E-state index is 13.6. The van der Waals surface area contributed by atoms with E-state index in [-0.39, 0.29) is 27.8 Å². The Hall–Kier alpha value is -4.07. The number of carbonyl (C=O) groups is 3. The predicted octanol–water partition coefficient (Wildman–Crippen LogP) is 4.60. The lowest BCUT2D eigenvalue weighted by molar-refractivity contribution is -0.384. The van der Waals surface area contributed by atoms with Crippen molar-refractivity contribution in [3.63, 3.8) is 0 Å². The molecule has 2 amide bonds. The molecule has 0 radical (unpaired) electrons. The lowest BCUT2D eigenvalue weighted by Crippen LogP contribution is -2.32. The van der Waals surface area contributed by atoms with Gasteiger partial charge in [0.25, 0.3) is 17.5 Å². The Morgan fingerprint density at radius 2 is 1.59 bits per heavy atom. The van der Waals surface area contributed by atoms with E-state index in [4.69, 9.17) is 4.74 Å². The number of carbonyl (C=O) groups excluding carboxylic acids is 3. The van der Waals surface area contributed by atoms with Crippen LogP contribution >= 0.6 is 0 Å². The van der Waals surface area contributed by atoms with Crippen LogP contribution in [0.15, 0.2) is 71.8 Å². The number of nitro groups is 1. The van der Waals surface area contributed by atoms with Crippen molar-refractivity contribution < 1.29 is 24.0 Å². The average molecular weight is 463 g/mol. The average Bonchev–Trinajstić information content (AvgIpc) is 3.01. The van der Waals surface area contributed by atoms with Crippen molar-refractivity contribution in [2.45, 2.75) is 39.0 Å². The van der Waals surface area contributed by atoms with Crippen LogP contribution in [0, 0.1) is 10.1 Å². The van der Waals surface area contributed by atoms with Crippen molar-refractivity contribution in [1.82, 2.24) is 0 Å². The number of nitrogens with zero attached hydrogens (tertiary/aromatic N) is 2. The normalized spacial score (nSPS) is 14.9. The summed E-state index contributed by atoms with van der Waals surface area (Å²) >= 11 is 0. The standard InChI is InChI=1S/C26H26N2O6/c1-15-22(21(16(2)25(31)34-6)17-7-11-20(12-8-17)28(32)33)24(30)27(23(15)29)19-13-9-18(10-14-19)26(3,4)5/h7-14,21H,2H2,1,3-6H3/t21-/m0/s1. The SMILES string of the molecule is C=C(C(=O)OC)[C@H](C1=C(C)C(=O)N(c2ccc(C(C)(C)C)cc2)C1=O)c1ccc([N+](=O)[O-])cc1. The molecule has 0 saturated heterocycles. The Labute approximate surface area is 197 Å². The first-order valence-electron chi connectivity index (χ1n) is 10.6. The predicted molar refractivity (Wildman–Crippen MR) is 127 cm³/mol. The zero-order chi connectivity index (χ0) is 25.4. The van der Waals surface area contributed by atoms with Crippen LogP contribution in [0.3, 0.4) is 0 Å². The highest BCUT2D eigenvalue weighted by Crippen LogP contribution is 2.40. The van der Waals surface area contributed by atoms with Crippen molar-refractivity contribution in [2.75, 3.05) is 12.0 Å². The highest BCUT2D eigenvalue weighted by Gasteiger charge is 2.43. The van der Waals surface area contributed by atoms with E-state index in [0.717, 1.165) is 10.5 Å². The fourth-order valence-corrected chi connectivity index (χ4v) is 3.92. The third-order valence-corrected chi connectivity index (χ3v) is 5.87. The summed E-state index contributed by atoms with van der Waals surface area (Å²) in [6.45, 7) is 11.5. The Morgan fingerprint density at radius 3 is 2.06 bits per heavy atom. The number of hydrogen-bond donors (Lipinski definition) is 0. The fraction of sp³-hybridized carbons (Fsp3) is 0.269. The molecule has 34 heavy (non-hydrogen) atoms. The van der Waals surface area contributed by atoms with E-state index < -0.39 is 28.6 Å². The molecule has 2 aromatic rings. The van der Waals surface area contributed by atoms with Crippen LogP contribution in [0.25, 0.3) is 0 Å². The van der Waals surface area contributed by atoms with Gasteiger partial charge in [-0.2, -0.15) is 0 Å². The largest absolute Gasteiger partial charge is 0.466 e. The quantitative estimate of drug-likeness (QED) is 0.204. The molecule has 1 heterocycles. The maximum Gasteiger partial charge on any atom is 0.334 e. The Morgan fingerprint density at radius 1 is 1.03 bits per heavy atom. The number of ether oxygens (including phenoxy) is 1. The van der Waals surface area contributed by atoms with E-state index in [1.165, 1.54) is 38.3 Å². The molecule has 8 nitrogen and oxygen atoms in total. The second-order valence-corrected chi connectivity index (χ2v) is 9.08. The van der Waals surface area contributed by atoms with Gasteiger partial charge in [-0.05, 0) is 35.6 Å². The first-order valence-corrected chi connectivity index (χ1v) is 10.6. The highest BCUT2D eigenvalue weighted by atomic mass is 16.6. The van der Waals surface area contributed by atoms with E-state index in [1.807, 2.05) is 12.1 Å². The van der Waals surface area contributed by atoms with Crippen molar-refractivity contribution in [3.05, 3.63) is 93.1 Å². The van der Waals surface area contributed by atoms with Gasteiger partial charge in [-0.1, -0.05) is 51.6 Å². The van der Waals surface area contributed by atoms with E-state index in [0.29, 0.717) is 11.3 Å². The number of amides is 2. The molecule has 0 spiro atoms. The molecule has 0 fully saturated rings. The lowest BCUT2D eigenvalue weighted by Gasteiger charge is -2.22. The second-order valence-electron chi connectivity index (χ2n) is 9.08. The van der Waals surface area contributed by atoms with Crippen molar-refractivity contribution in [2.24, 2.45) is 0 Å². The number of non-ortho nitro benzene ring substituents is 1. The van der Waals surface area contributed by atoms with E-state index >= 15 is 0 Å². The number of hydrogen-bond acceptors (Lipinski definition) is 6. The molecule has 1 aliphatic heterocycles. The Bertz CT molecular complexity index is 1220. The van der Waals surface area contributed by atoms with Crippen molar-refractivity contribution in [1.29, 1.82) is 0 Å². The minimum absolute atomic E-state index is 0.0585. The minimum Gasteiger partial charge on any atom is -0.466 e. The summed E-state index contributed by atoms with van der Waals surface area (Å²) < 4.78 is 4.81. The number of nitro benzene ring substituents is 1. The molecule has 0 N–H and O–H groups in total. The molecule has 3 rings (SSSR count). The summed E-state index contributed by atoms with van der Waals surface area (Å²) in [6, 6.07) is 12.6. The highest BCUT2D eigenvalue weighted by molar-refractivity contribution is 6.33. The third-order valence-electron chi connectivity index (χ3n) is 5.87. The van der Waals surface area contributed by atoms with Gasteiger partial charge in [-0.3, -0.25) is 19.7 Å². The van der Waals surface area contributed by atoms with E-state index in [2.05, 4.69) is 27.4 Å². The van der Waals surface area contributed by atoms with E-state index in [9.17, 15) is 24.5 Å². The lowest BCUT2D eigenvalue weighted by atomic mass is 9.83. The Balaban J connectivity index is 2.08. The zero-order valence-electron chi connectivity index (χ0n) is 19.7. The van der Waals surface area contributed by atoms with Crippen LogP contribution in [-0.2, 0) is 24.5 Å². The van der Waals surface area contributed by atoms with Gasteiger partial charge < -0.3 is 4.74 Å². The summed E-state index contributed by atoms with van der Waals surface area (Å²) in [7, 11) is 1.19. The summed E-state index contributed by atoms with van der Waals surface area (Å²) in [5, 5.41) is 11.1. The van der Waals surface area contributed by atoms with Gasteiger partial charge in [-0.15, -0.1) is 0 Å². The van der Waals surface area contributed by atoms with Gasteiger partial charge in [0.2, 0.25) is 0 Å². The summed E-state index contributed by atoms with van der Waals surface area (Å²) in [6.07, 6.45) is 0. The molecule has 1 aliphatic rings. The van der Waals surface area contributed by atoms with Gasteiger partial charge in [-0.25, -0.2) is 9.69 Å². The van der Waals surface area contributed by atoms with E-state index in [1.54, 1.807) is 12.1 Å². The molecule has 2 aromatic carbocycles. The molecule has 8 heteroatoms. The Kier molecular flexibility index (Phi) is 6.54. The monoisotopic (exact) mass is 462 g/mol. The molecule has 0 aromatic heterocycles. The van der Waals surface area contributed by atoms with Gasteiger partial charge in [0.15, 0.2) is 0 Å². The van der Waals surface area contributed by atoms with Gasteiger partial charge in [0.1, 0.15) is 0 Å². The number of imide groups is 1. The molecule has 176 valence electrons. The number of rotatable bonds is 6. The van der Waals surface area contributed by atoms with Crippen LogP contribution in [0.5, 0.6) is 0 Å². The molecule has 0 saturated carbocycles. The topological polar surface area (TPSA) is 107 Å². The molecule has 0 aliphatic carbocycles. The number of benzene rings is 2. The smallest absolute Gasteiger partial charge is 0.334 e. The summed E-state index contributed by atoms with van der Waals surface area (Å²) in [4.78, 5) is 50.7. The van der Waals surface area contributed by atoms with Crippen LogP contribution in [0.2, 0.25) is 0 Å². The van der Waals surface area contributed by atoms with Crippen LogP contribution in [0.4, 0.5) is 11.4 Å². The molecular weight excluding hydrogens is 436 g/mol. The molecular formula is C26H26N2O6. The third kappa shape index (κ3) is 4.39. The fourth-order valence-electron chi connectivity index (χ4n) is 3.92. The number of anilines is 1. The van der Waals surface area contributed by atoms with Gasteiger partial charge >= 0.3 is 5.97 Å². The van der Waals surface area contributed by atoms with Gasteiger partial charge in [0, 0.05) is 34.8 Å². The second kappa shape index (κ2) is 9.05. The molecule has 1 atom stereocenters. The first-order chi connectivity index (χ1) is 15.9. The summed E-state index contributed by atoms with van der Waals surface area (Å²) in [5.41, 5.74) is 1.79. The molecule has 0 bridgehead atoms. The number of esters is 1. The van der Waals surface area contributed by atoms with Crippen molar-refractivity contribution >= 4 is 29.2 Å².